The third-order valence-electron chi connectivity index (χ3n) is 2.78. The van der Waals surface area contributed by atoms with Gasteiger partial charge in [0.1, 0.15) is 4.88 Å². The summed E-state index contributed by atoms with van der Waals surface area (Å²) < 4.78 is 5.68. The van der Waals surface area contributed by atoms with E-state index in [0.717, 1.165) is 0 Å². The van der Waals surface area contributed by atoms with Crippen molar-refractivity contribution in [1.29, 1.82) is 0 Å². The molecule has 1 saturated heterocycles. The highest BCUT2D eigenvalue weighted by molar-refractivity contribution is 7.12. The molecule has 0 spiro atoms. The number of thiophene rings is 1. The average Bonchev–Trinajstić information content (AvgIpc) is 2.72. The van der Waals surface area contributed by atoms with Gasteiger partial charge in [0.2, 0.25) is 0 Å². The molecule has 0 aliphatic carbocycles. The number of hydrogen-bond acceptors (Lipinski definition) is 4. The minimum atomic E-state index is -0.453. The molecule has 1 aromatic heterocycles. The molecule has 1 aliphatic rings. The Morgan fingerprint density at radius 2 is 2.44 bits per heavy atom. The predicted octanol–water partition coefficient (Wildman–Crippen LogP) is 2.01. The van der Waals surface area contributed by atoms with Crippen LogP contribution in [-0.2, 0) is 4.74 Å². The zero-order valence-corrected chi connectivity index (χ0v) is 11.9. The summed E-state index contributed by atoms with van der Waals surface area (Å²) in [6.45, 7) is 4.62. The number of nitrogens with zero attached hydrogens (tertiary/aromatic N) is 1. The summed E-state index contributed by atoms with van der Waals surface area (Å²) in [5.41, 5.74) is -0.453. The van der Waals surface area contributed by atoms with Crippen molar-refractivity contribution in [3.8, 4) is 0 Å². The fraction of sp³-hybridized carbons (Fsp3) is 0.583. The van der Waals surface area contributed by atoms with Gasteiger partial charge >= 0.3 is 0 Å². The molecule has 1 atom stereocenters. The van der Waals surface area contributed by atoms with E-state index in [1.165, 1.54) is 11.3 Å². The molecule has 1 aliphatic heterocycles. The Bertz CT molecular complexity index is 446. The number of carbonyl (C=O) groups is 1. The van der Waals surface area contributed by atoms with Crippen LogP contribution in [0.4, 0.5) is 0 Å². The smallest absolute Gasteiger partial charge is 0.265 e. The molecule has 0 saturated carbocycles. The van der Waals surface area contributed by atoms with Gasteiger partial charge in [-0.25, -0.2) is 0 Å². The van der Waals surface area contributed by atoms with Crippen LogP contribution in [0.2, 0.25) is 5.02 Å². The van der Waals surface area contributed by atoms with Crippen molar-refractivity contribution in [2.45, 2.75) is 25.6 Å². The number of ether oxygens (including phenoxy) is 1. The Morgan fingerprint density at radius 3 is 3.00 bits per heavy atom. The second-order valence-corrected chi connectivity index (χ2v) is 6.29. The maximum atomic E-state index is 12.3. The summed E-state index contributed by atoms with van der Waals surface area (Å²) in [6, 6.07) is 1.72. The first-order valence-corrected chi connectivity index (χ1v) is 6.99. The van der Waals surface area contributed by atoms with Crippen molar-refractivity contribution in [1.82, 2.24) is 4.90 Å². The summed E-state index contributed by atoms with van der Waals surface area (Å²) in [5.74, 6) is -0.0928. The summed E-state index contributed by atoms with van der Waals surface area (Å²) in [4.78, 5) is 14.6. The molecule has 0 aromatic carbocycles. The van der Waals surface area contributed by atoms with E-state index in [1.54, 1.807) is 16.3 Å². The van der Waals surface area contributed by atoms with Crippen LogP contribution < -0.4 is 0 Å². The number of aliphatic hydroxyl groups is 1. The lowest BCUT2D eigenvalue weighted by molar-refractivity contribution is -0.139. The van der Waals surface area contributed by atoms with Crippen LogP contribution in [0, 0.1) is 0 Å². The fourth-order valence-corrected chi connectivity index (χ4v) is 3.24. The molecule has 0 radical (unpaired) electrons. The molecule has 2 rings (SSSR count). The zero-order chi connectivity index (χ0) is 13.3. The monoisotopic (exact) mass is 289 g/mol. The van der Waals surface area contributed by atoms with Gasteiger partial charge in [-0.3, -0.25) is 4.79 Å². The van der Waals surface area contributed by atoms with E-state index in [-0.39, 0.29) is 18.6 Å². The van der Waals surface area contributed by atoms with Gasteiger partial charge in [0, 0.05) is 13.1 Å². The summed E-state index contributed by atoms with van der Waals surface area (Å²) in [6.07, 6.45) is -0.337. The Morgan fingerprint density at radius 1 is 1.72 bits per heavy atom. The van der Waals surface area contributed by atoms with Crippen LogP contribution in [0.25, 0.3) is 0 Å². The first-order valence-electron chi connectivity index (χ1n) is 5.74. The highest BCUT2D eigenvalue weighted by atomic mass is 35.5. The topological polar surface area (TPSA) is 49.8 Å². The third-order valence-corrected chi connectivity index (χ3v) is 4.11. The van der Waals surface area contributed by atoms with Crippen molar-refractivity contribution in [3.05, 3.63) is 21.3 Å². The molecule has 6 heteroatoms. The minimum absolute atomic E-state index is 0.0919. The Labute approximate surface area is 115 Å². The molecule has 2 heterocycles. The number of rotatable bonds is 2. The van der Waals surface area contributed by atoms with Gasteiger partial charge in [-0.15, -0.1) is 11.3 Å². The average molecular weight is 290 g/mol. The van der Waals surface area contributed by atoms with Crippen LogP contribution in [0.1, 0.15) is 23.5 Å². The van der Waals surface area contributed by atoms with Crippen molar-refractivity contribution >= 4 is 28.8 Å². The second-order valence-electron chi connectivity index (χ2n) is 4.97. The van der Waals surface area contributed by atoms with E-state index in [0.29, 0.717) is 23.0 Å². The van der Waals surface area contributed by atoms with Crippen molar-refractivity contribution < 1.29 is 14.6 Å². The van der Waals surface area contributed by atoms with Gasteiger partial charge in [0.05, 0.1) is 23.3 Å². The highest BCUT2D eigenvalue weighted by Gasteiger charge is 2.36. The lowest BCUT2D eigenvalue weighted by atomic mass is 10.1. The van der Waals surface area contributed by atoms with Gasteiger partial charge in [-0.05, 0) is 25.3 Å². The minimum Gasteiger partial charge on any atom is -0.394 e. The van der Waals surface area contributed by atoms with E-state index in [2.05, 4.69) is 0 Å². The van der Waals surface area contributed by atoms with Crippen LogP contribution in [-0.4, -0.2) is 47.3 Å². The lowest BCUT2D eigenvalue weighted by Crippen LogP contribution is -2.55. The Kier molecular flexibility index (Phi) is 3.96. The van der Waals surface area contributed by atoms with Gasteiger partial charge in [-0.1, -0.05) is 11.6 Å². The number of hydrogen-bond donors (Lipinski definition) is 1. The fourth-order valence-electron chi connectivity index (χ4n) is 2.14. The predicted molar refractivity (Wildman–Crippen MR) is 71.3 cm³/mol. The van der Waals surface area contributed by atoms with Gasteiger partial charge < -0.3 is 14.7 Å². The van der Waals surface area contributed by atoms with E-state index >= 15 is 0 Å². The summed E-state index contributed by atoms with van der Waals surface area (Å²) in [5, 5.41) is 11.5. The largest absolute Gasteiger partial charge is 0.394 e. The zero-order valence-electron chi connectivity index (χ0n) is 10.4. The van der Waals surface area contributed by atoms with Crippen molar-refractivity contribution in [2.75, 3.05) is 19.7 Å². The molecular formula is C12H16ClNO3S. The van der Waals surface area contributed by atoms with Gasteiger partial charge in [0.15, 0.2) is 0 Å². The molecule has 1 N–H and O–H groups in total. The SMILES string of the molecule is CC1(C)CN(C(=O)c2sccc2Cl)CC(CO)O1. The molecule has 100 valence electrons. The molecule has 1 fully saturated rings. The Hall–Kier alpha value is -0.620. The van der Waals surface area contributed by atoms with E-state index in [9.17, 15) is 9.90 Å². The normalized spacial score (nSPS) is 23.1. The number of amides is 1. The molecular weight excluding hydrogens is 274 g/mol. The molecule has 1 aromatic rings. The van der Waals surface area contributed by atoms with Crippen LogP contribution in [0.3, 0.4) is 0 Å². The number of aliphatic hydroxyl groups excluding tert-OH is 1. The molecule has 4 nitrogen and oxygen atoms in total. The van der Waals surface area contributed by atoms with Crippen LogP contribution in [0.5, 0.6) is 0 Å². The van der Waals surface area contributed by atoms with Gasteiger partial charge in [0.25, 0.3) is 5.91 Å². The number of carbonyl (C=O) groups excluding carboxylic acids is 1. The lowest BCUT2D eigenvalue weighted by Gasteiger charge is -2.42. The van der Waals surface area contributed by atoms with Gasteiger partial charge in [-0.2, -0.15) is 0 Å². The first-order chi connectivity index (χ1) is 8.43. The van der Waals surface area contributed by atoms with Crippen molar-refractivity contribution in [2.24, 2.45) is 0 Å². The maximum absolute atomic E-state index is 12.3. The quantitative estimate of drug-likeness (QED) is 0.906. The number of halogens is 1. The molecule has 18 heavy (non-hydrogen) atoms. The summed E-state index contributed by atoms with van der Waals surface area (Å²) in [7, 11) is 0. The first kappa shape index (κ1) is 13.8. The van der Waals surface area contributed by atoms with Crippen LogP contribution >= 0.6 is 22.9 Å². The molecule has 1 amide bonds. The Balaban J connectivity index is 2.17. The highest BCUT2D eigenvalue weighted by Crippen LogP contribution is 2.27. The molecule has 0 bridgehead atoms. The standard InChI is InChI=1S/C12H16ClNO3S/c1-12(2)7-14(5-8(6-15)17-12)11(16)10-9(13)3-4-18-10/h3-4,8,15H,5-7H2,1-2H3. The third kappa shape index (κ3) is 2.85. The second kappa shape index (κ2) is 5.17. The number of morpholine rings is 1. The van der Waals surface area contributed by atoms with E-state index in [1.807, 2.05) is 13.8 Å². The summed E-state index contributed by atoms with van der Waals surface area (Å²) >= 11 is 7.31. The van der Waals surface area contributed by atoms with Crippen molar-refractivity contribution in [3.63, 3.8) is 0 Å². The maximum Gasteiger partial charge on any atom is 0.265 e. The van der Waals surface area contributed by atoms with E-state index < -0.39 is 5.60 Å². The molecule has 1 unspecified atom stereocenters. The van der Waals surface area contributed by atoms with E-state index in [4.69, 9.17) is 16.3 Å². The van der Waals surface area contributed by atoms with Crippen LogP contribution in [0.15, 0.2) is 11.4 Å².